The summed E-state index contributed by atoms with van der Waals surface area (Å²) in [6, 6.07) is 14.8. The van der Waals surface area contributed by atoms with Crippen LogP contribution in [-0.4, -0.2) is 76.0 Å². The number of amides is 1. The molecule has 10 heteroatoms. The van der Waals surface area contributed by atoms with Crippen molar-refractivity contribution in [2.45, 2.75) is 29.6 Å². The molecule has 0 aliphatic carbocycles. The van der Waals surface area contributed by atoms with Crippen LogP contribution in [0.2, 0.25) is 0 Å². The highest BCUT2D eigenvalue weighted by Gasteiger charge is 2.31. The lowest BCUT2D eigenvalue weighted by Crippen LogP contribution is -2.52. The molecule has 0 atom stereocenters. The Morgan fingerprint density at radius 1 is 0.875 bits per heavy atom. The van der Waals surface area contributed by atoms with E-state index in [1.165, 1.54) is 28.4 Å². The van der Waals surface area contributed by atoms with Gasteiger partial charge in [0.05, 0.1) is 16.3 Å². The average molecular weight is 480 g/mol. The molecule has 0 unspecified atom stereocenters. The predicted octanol–water partition coefficient (Wildman–Crippen LogP) is 1.96. The molecule has 0 radical (unpaired) electrons. The van der Waals surface area contributed by atoms with Crippen LogP contribution in [-0.2, 0) is 24.8 Å². The summed E-state index contributed by atoms with van der Waals surface area (Å²) < 4.78 is 53.5. The van der Waals surface area contributed by atoms with Crippen LogP contribution in [0, 0.1) is 0 Å². The SMILES string of the molecule is CC(C)c1ccc(S(=O)(=O)N2CCN(C(=O)CN(C)S(=O)(=O)c3ccccc3)CC2)cc1. The molecule has 174 valence electrons. The molecular weight excluding hydrogens is 450 g/mol. The normalized spacial score (nSPS) is 16.0. The zero-order chi connectivity index (χ0) is 23.5. The van der Waals surface area contributed by atoms with Crippen molar-refractivity contribution in [3.05, 3.63) is 60.2 Å². The standard InChI is InChI=1S/C22H29N3O5S2/c1-18(2)19-9-11-21(12-10-19)32(29,30)25-15-13-24(14-16-25)22(26)17-23(3)31(27,28)20-7-5-4-6-8-20/h4-12,18H,13-17H2,1-3H3. The van der Waals surface area contributed by atoms with Crippen molar-refractivity contribution in [1.82, 2.24) is 13.5 Å². The van der Waals surface area contributed by atoms with Gasteiger partial charge in [-0.3, -0.25) is 4.79 Å². The Kier molecular flexibility index (Phi) is 7.39. The van der Waals surface area contributed by atoms with Gasteiger partial charge >= 0.3 is 0 Å². The minimum Gasteiger partial charge on any atom is -0.339 e. The number of rotatable bonds is 7. The lowest BCUT2D eigenvalue weighted by atomic mass is 10.0. The van der Waals surface area contributed by atoms with Crippen molar-refractivity contribution in [3.63, 3.8) is 0 Å². The van der Waals surface area contributed by atoms with E-state index < -0.39 is 20.0 Å². The summed E-state index contributed by atoms with van der Waals surface area (Å²) in [7, 11) is -6.06. The van der Waals surface area contributed by atoms with Gasteiger partial charge in [-0.2, -0.15) is 8.61 Å². The first-order chi connectivity index (χ1) is 15.0. The van der Waals surface area contributed by atoms with Crippen molar-refractivity contribution >= 4 is 26.0 Å². The topological polar surface area (TPSA) is 95.1 Å². The quantitative estimate of drug-likeness (QED) is 0.605. The third kappa shape index (κ3) is 5.20. The molecule has 2 aromatic rings. The number of piperazine rings is 1. The molecule has 0 saturated carbocycles. The first-order valence-corrected chi connectivity index (χ1v) is 13.3. The van der Waals surface area contributed by atoms with Gasteiger partial charge in [-0.15, -0.1) is 0 Å². The molecule has 0 N–H and O–H groups in total. The largest absolute Gasteiger partial charge is 0.339 e. The molecule has 1 heterocycles. The Morgan fingerprint density at radius 3 is 1.97 bits per heavy atom. The van der Waals surface area contributed by atoms with Crippen LogP contribution in [0.3, 0.4) is 0 Å². The summed E-state index contributed by atoms with van der Waals surface area (Å²) in [5, 5.41) is 0. The van der Waals surface area contributed by atoms with Crippen molar-refractivity contribution in [1.29, 1.82) is 0 Å². The fraction of sp³-hybridized carbons (Fsp3) is 0.409. The fourth-order valence-corrected chi connectivity index (χ4v) is 6.06. The molecule has 1 aliphatic rings. The highest BCUT2D eigenvalue weighted by molar-refractivity contribution is 7.89. The van der Waals surface area contributed by atoms with Gasteiger partial charge in [0.2, 0.25) is 26.0 Å². The van der Waals surface area contributed by atoms with E-state index in [-0.39, 0.29) is 48.4 Å². The molecule has 8 nitrogen and oxygen atoms in total. The maximum absolute atomic E-state index is 12.9. The van der Waals surface area contributed by atoms with Gasteiger partial charge in [-0.1, -0.05) is 44.2 Å². The highest BCUT2D eigenvalue weighted by atomic mass is 32.2. The van der Waals surface area contributed by atoms with Gasteiger partial charge in [-0.05, 0) is 35.7 Å². The molecule has 3 rings (SSSR count). The molecule has 2 aromatic carbocycles. The van der Waals surface area contributed by atoms with Crippen LogP contribution >= 0.6 is 0 Å². The zero-order valence-electron chi connectivity index (χ0n) is 18.5. The monoisotopic (exact) mass is 479 g/mol. The molecule has 32 heavy (non-hydrogen) atoms. The number of likely N-dealkylation sites (N-methyl/N-ethyl adjacent to an activating group) is 1. The van der Waals surface area contributed by atoms with E-state index in [9.17, 15) is 21.6 Å². The maximum Gasteiger partial charge on any atom is 0.243 e. The maximum atomic E-state index is 12.9. The molecule has 0 bridgehead atoms. The Labute approximate surface area is 190 Å². The highest BCUT2D eigenvalue weighted by Crippen LogP contribution is 2.21. The number of hydrogen-bond donors (Lipinski definition) is 0. The van der Waals surface area contributed by atoms with Crippen LogP contribution in [0.25, 0.3) is 0 Å². The van der Waals surface area contributed by atoms with E-state index in [0.717, 1.165) is 9.87 Å². The summed E-state index contributed by atoms with van der Waals surface area (Å²) in [5.41, 5.74) is 1.06. The third-order valence-electron chi connectivity index (χ3n) is 5.59. The van der Waals surface area contributed by atoms with Crippen molar-refractivity contribution in [2.75, 3.05) is 39.8 Å². The van der Waals surface area contributed by atoms with Crippen molar-refractivity contribution in [2.24, 2.45) is 0 Å². The van der Waals surface area contributed by atoms with Crippen molar-refractivity contribution in [3.8, 4) is 0 Å². The van der Waals surface area contributed by atoms with Gasteiger partial charge in [0.15, 0.2) is 0 Å². The second-order valence-corrected chi connectivity index (χ2v) is 12.1. The van der Waals surface area contributed by atoms with Crippen LogP contribution < -0.4 is 0 Å². The Morgan fingerprint density at radius 2 is 1.44 bits per heavy atom. The molecule has 1 amide bonds. The Balaban J connectivity index is 1.60. The van der Waals surface area contributed by atoms with Gasteiger partial charge in [-0.25, -0.2) is 16.8 Å². The Hall–Kier alpha value is -2.27. The smallest absolute Gasteiger partial charge is 0.243 e. The van der Waals surface area contributed by atoms with E-state index in [4.69, 9.17) is 0 Å². The third-order valence-corrected chi connectivity index (χ3v) is 9.32. The summed E-state index contributed by atoms with van der Waals surface area (Å²) in [6.07, 6.45) is 0. The van der Waals surface area contributed by atoms with Gasteiger partial charge in [0.1, 0.15) is 0 Å². The number of carbonyl (C=O) groups excluding carboxylic acids is 1. The molecule has 0 aromatic heterocycles. The summed E-state index contributed by atoms with van der Waals surface area (Å²) in [5.74, 6) is -0.0458. The fourth-order valence-electron chi connectivity index (χ4n) is 3.50. The van der Waals surface area contributed by atoms with E-state index in [2.05, 4.69) is 0 Å². The van der Waals surface area contributed by atoms with E-state index in [1.54, 1.807) is 30.3 Å². The summed E-state index contributed by atoms with van der Waals surface area (Å²) >= 11 is 0. The minimum atomic E-state index is -3.77. The minimum absolute atomic E-state index is 0.120. The number of hydrogen-bond acceptors (Lipinski definition) is 5. The van der Waals surface area contributed by atoms with E-state index >= 15 is 0 Å². The molecular formula is C22H29N3O5S2. The summed E-state index contributed by atoms with van der Waals surface area (Å²) in [6.45, 7) is 4.53. The van der Waals surface area contributed by atoms with E-state index in [1.807, 2.05) is 26.0 Å². The van der Waals surface area contributed by atoms with Gasteiger partial charge < -0.3 is 4.90 Å². The number of carbonyl (C=O) groups is 1. The average Bonchev–Trinajstić information content (AvgIpc) is 2.79. The lowest BCUT2D eigenvalue weighted by molar-refractivity contribution is -0.132. The second-order valence-electron chi connectivity index (χ2n) is 8.08. The second kappa shape index (κ2) is 9.70. The number of nitrogens with zero attached hydrogens (tertiary/aromatic N) is 3. The first-order valence-electron chi connectivity index (χ1n) is 10.4. The van der Waals surface area contributed by atoms with Crippen LogP contribution in [0.4, 0.5) is 0 Å². The number of sulfonamides is 2. The first kappa shape index (κ1) is 24.4. The van der Waals surface area contributed by atoms with Crippen LogP contribution in [0.1, 0.15) is 25.3 Å². The zero-order valence-corrected chi connectivity index (χ0v) is 20.1. The van der Waals surface area contributed by atoms with Gasteiger partial charge in [0.25, 0.3) is 0 Å². The summed E-state index contributed by atoms with van der Waals surface area (Å²) in [4.78, 5) is 14.5. The number of benzene rings is 2. The van der Waals surface area contributed by atoms with Gasteiger partial charge in [0, 0.05) is 33.2 Å². The predicted molar refractivity (Wildman–Crippen MR) is 122 cm³/mol. The van der Waals surface area contributed by atoms with Crippen LogP contribution in [0.5, 0.6) is 0 Å². The Bertz CT molecular complexity index is 1140. The lowest BCUT2D eigenvalue weighted by Gasteiger charge is -2.34. The van der Waals surface area contributed by atoms with Crippen molar-refractivity contribution < 1.29 is 21.6 Å². The molecule has 1 saturated heterocycles. The van der Waals surface area contributed by atoms with E-state index in [0.29, 0.717) is 5.92 Å². The van der Waals surface area contributed by atoms with Crippen LogP contribution in [0.15, 0.2) is 64.4 Å². The molecule has 0 spiro atoms. The molecule has 1 aliphatic heterocycles. The molecule has 1 fully saturated rings.